The van der Waals surface area contributed by atoms with Crippen LogP contribution in [0.3, 0.4) is 0 Å². The molecule has 17 heavy (non-hydrogen) atoms. The molecule has 0 radical (unpaired) electrons. The van der Waals surface area contributed by atoms with Crippen LogP contribution in [0.5, 0.6) is 5.75 Å². The van der Waals surface area contributed by atoms with E-state index in [9.17, 15) is 9.59 Å². The van der Waals surface area contributed by atoms with Gasteiger partial charge < -0.3 is 15.2 Å². The maximum absolute atomic E-state index is 11.7. The zero-order chi connectivity index (χ0) is 12.4. The lowest BCUT2D eigenvalue weighted by Gasteiger charge is -2.09. The summed E-state index contributed by atoms with van der Waals surface area (Å²) < 4.78 is 5.09. The Bertz CT molecular complexity index is 458. The van der Waals surface area contributed by atoms with Gasteiger partial charge in [0, 0.05) is 0 Å². The number of hydrogen-bond donors (Lipinski definition) is 2. The maximum Gasteiger partial charge on any atom is 0.307 e. The molecule has 0 aromatic heterocycles. The average molecular weight is 235 g/mol. The first-order valence-electron chi connectivity index (χ1n) is 5.30. The first-order valence-corrected chi connectivity index (χ1v) is 5.30. The third-order valence-corrected chi connectivity index (χ3v) is 2.81. The second kappa shape index (κ2) is 4.45. The van der Waals surface area contributed by atoms with Crippen LogP contribution in [0.1, 0.15) is 6.42 Å². The van der Waals surface area contributed by atoms with Gasteiger partial charge in [-0.2, -0.15) is 0 Å². The summed E-state index contributed by atoms with van der Waals surface area (Å²) in [7, 11) is 1.52. The van der Waals surface area contributed by atoms with E-state index in [2.05, 4.69) is 5.32 Å². The number of rotatable bonds is 4. The van der Waals surface area contributed by atoms with E-state index in [1.807, 2.05) is 0 Å². The molecule has 1 aromatic rings. The summed E-state index contributed by atoms with van der Waals surface area (Å²) in [5, 5.41) is 11.4. The molecule has 1 saturated carbocycles. The molecule has 1 aliphatic rings. The number of nitrogens with one attached hydrogen (secondary N) is 1. The molecular weight excluding hydrogens is 222 g/mol. The molecule has 2 rings (SSSR count). The van der Waals surface area contributed by atoms with Gasteiger partial charge in [0.2, 0.25) is 5.91 Å². The van der Waals surface area contributed by atoms with Crippen molar-refractivity contribution in [3.8, 4) is 5.75 Å². The van der Waals surface area contributed by atoms with Crippen LogP contribution < -0.4 is 10.1 Å². The Morgan fingerprint density at radius 3 is 2.65 bits per heavy atom. The zero-order valence-corrected chi connectivity index (χ0v) is 9.34. The topological polar surface area (TPSA) is 75.6 Å². The quantitative estimate of drug-likeness (QED) is 0.826. The monoisotopic (exact) mass is 235 g/mol. The summed E-state index contributed by atoms with van der Waals surface area (Å²) in [5.74, 6) is -1.57. The SMILES string of the molecule is COc1ccccc1NC(=O)C1CC1C(=O)O. The third-order valence-electron chi connectivity index (χ3n) is 2.81. The molecule has 90 valence electrons. The molecule has 1 aromatic carbocycles. The number of anilines is 1. The van der Waals surface area contributed by atoms with E-state index in [0.717, 1.165) is 0 Å². The van der Waals surface area contributed by atoms with Crippen LogP contribution in [0.2, 0.25) is 0 Å². The Balaban J connectivity index is 2.02. The van der Waals surface area contributed by atoms with Crippen molar-refractivity contribution in [1.29, 1.82) is 0 Å². The lowest BCUT2D eigenvalue weighted by Crippen LogP contribution is -2.17. The van der Waals surface area contributed by atoms with Crippen LogP contribution in [0.4, 0.5) is 5.69 Å². The van der Waals surface area contributed by atoms with Crippen molar-refractivity contribution in [2.24, 2.45) is 11.8 Å². The lowest BCUT2D eigenvalue weighted by molar-refractivity contribution is -0.139. The average Bonchev–Trinajstić information content (AvgIpc) is 3.09. The molecular formula is C12H13NO4. The molecule has 2 atom stereocenters. The van der Waals surface area contributed by atoms with Crippen molar-refractivity contribution in [3.63, 3.8) is 0 Å². The molecule has 1 aliphatic carbocycles. The minimum Gasteiger partial charge on any atom is -0.495 e. The first-order chi connectivity index (χ1) is 8.13. The highest BCUT2D eigenvalue weighted by atomic mass is 16.5. The van der Waals surface area contributed by atoms with Crippen molar-refractivity contribution >= 4 is 17.6 Å². The molecule has 0 bridgehead atoms. The second-order valence-corrected chi connectivity index (χ2v) is 3.98. The molecule has 0 spiro atoms. The van der Waals surface area contributed by atoms with Gasteiger partial charge in [-0.15, -0.1) is 0 Å². The van der Waals surface area contributed by atoms with E-state index in [4.69, 9.17) is 9.84 Å². The van der Waals surface area contributed by atoms with Gasteiger partial charge in [-0.1, -0.05) is 12.1 Å². The van der Waals surface area contributed by atoms with Crippen molar-refractivity contribution in [2.75, 3.05) is 12.4 Å². The summed E-state index contributed by atoms with van der Waals surface area (Å²) in [5.41, 5.74) is 0.566. The summed E-state index contributed by atoms with van der Waals surface area (Å²) in [6, 6.07) is 7.03. The van der Waals surface area contributed by atoms with Crippen molar-refractivity contribution in [1.82, 2.24) is 0 Å². The number of aliphatic carboxylic acids is 1. The Labute approximate surface area is 98.4 Å². The predicted molar refractivity (Wildman–Crippen MR) is 60.9 cm³/mol. The third kappa shape index (κ3) is 2.38. The summed E-state index contributed by atoms with van der Waals surface area (Å²) >= 11 is 0. The molecule has 2 unspecified atom stereocenters. The van der Waals surface area contributed by atoms with Crippen LogP contribution in [0.25, 0.3) is 0 Å². The van der Waals surface area contributed by atoms with Gasteiger partial charge in [-0.3, -0.25) is 9.59 Å². The molecule has 1 fully saturated rings. The fourth-order valence-electron chi connectivity index (χ4n) is 1.73. The van der Waals surface area contributed by atoms with Crippen molar-refractivity contribution < 1.29 is 19.4 Å². The molecule has 0 aliphatic heterocycles. The van der Waals surface area contributed by atoms with Gasteiger partial charge in [-0.05, 0) is 18.6 Å². The van der Waals surface area contributed by atoms with Crippen LogP contribution in [0, 0.1) is 11.8 Å². The highest BCUT2D eigenvalue weighted by Crippen LogP contribution is 2.40. The summed E-state index contributed by atoms with van der Waals surface area (Å²) in [4.78, 5) is 22.4. The standard InChI is InChI=1S/C12H13NO4/c1-17-10-5-3-2-4-9(10)13-11(14)7-6-8(7)12(15)16/h2-5,7-8H,6H2,1H3,(H,13,14)(H,15,16). The minimum atomic E-state index is -0.912. The van der Waals surface area contributed by atoms with Crippen molar-refractivity contribution in [3.05, 3.63) is 24.3 Å². The number of para-hydroxylation sites is 2. The minimum absolute atomic E-state index is 0.262. The van der Waals surface area contributed by atoms with E-state index in [1.54, 1.807) is 24.3 Å². The summed E-state index contributed by atoms with van der Waals surface area (Å²) in [6.07, 6.45) is 0.413. The molecule has 0 heterocycles. The van der Waals surface area contributed by atoms with E-state index < -0.39 is 17.8 Å². The predicted octanol–water partition coefficient (Wildman–Crippen LogP) is 1.35. The molecule has 1 amide bonds. The normalized spacial score (nSPS) is 21.7. The number of amides is 1. The van der Waals surface area contributed by atoms with Crippen LogP contribution in [-0.2, 0) is 9.59 Å². The largest absolute Gasteiger partial charge is 0.495 e. The number of ether oxygens (including phenoxy) is 1. The second-order valence-electron chi connectivity index (χ2n) is 3.98. The van der Waals surface area contributed by atoms with E-state index in [-0.39, 0.29) is 5.91 Å². The molecule has 0 saturated heterocycles. The van der Waals surface area contributed by atoms with Gasteiger partial charge in [0.1, 0.15) is 5.75 Å². The highest BCUT2D eigenvalue weighted by Gasteiger charge is 2.48. The molecule has 2 N–H and O–H groups in total. The van der Waals surface area contributed by atoms with Gasteiger partial charge in [0.15, 0.2) is 0 Å². The fraction of sp³-hybridized carbons (Fsp3) is 0.333. The Morgan fingerprint density at radius 1 is 1.35 bits per heavy atom. The van der Waals surface area contributed by atoms with Crippen LogP contribution in [0.15, 0.2) is 24.3 Å². The lowest BCUT2D eigenvalue weighted by atomic mass is 10.2. The highest BCUT2D eigenvalue weighted by molar-refractivity contribution is 5.99. The number of methoxy groups -OCH3 is 1. The fourth-order valence-corrected chi connectivity index (χ4v) is 1.73. The number of hydrogen-bond acceptors (Lipinski definition) is 3. The van der Waals surface area contributed by atoms with Crippen LogP contribution >= 0.6 is 0 Å². The van der Waals surface area contributed by atoms with Crippen molar-refractivity contribution in [2.45, 2.75) is 6.42 Å². The van der Waals surface area contributed by atoms with Gasteiger partial charge in [0.25, 0.3) is 0 Å². The molecule has 5 heteroatoms. The maximum atomic E-state index is 11.7. The first kappa shape index (κ1) is 11.4. The number of benzene rings is 1. The Kier molecular flexibility index (Phi) is 2.99. The van der Waals surface area contributed by atoms with E-state index in [0.29, 0.717) is 17.9 Å². The Morgan fingerprint density at radius 2 is 2.06 bits per heavy atom. The van der Waals surface area contributed by atoms with Gasteiger partial charge >= 0.3 is 5.97 Å². The van der Waals surface area contributed by atoms with Crippen LogP contribution in [-0.4, -0.2) is 24.1 Å². The number of carboxylic acids is 1. The van der Waals surface area contributed by atoms with Gasteiger partial charge in [-0.25, -0.2) is 0 Å². The number of carbonyl (C=O) groups is 2. The molecule has 5 nitrogen and oxygen atoms in total. The Hall–Kier alpha value is -2.04. The van der Waals surface area contributed by atoms with E-state index >= 15 is 0 Å². The number of carboxylic acid groups (broad SMARTS) is 1. The van der Waals surface area contributed by atoms with Gasteiger partial charge in [0.05, 0.1) is 24.6 Å². The zero-order valence-electron chi connectivity index (χ0n) is 9.34. The summed E-state index contributed by atoms with van der Waals surface area (Å²) in [6.45, 7) is 0. The van der Waals surface area contributed by atoms with E-state index in [1.165, 1.54) is 7.11 Å². The smallest absolute Gasteiger partial charge is 0.307 e. The number of carbonyl (C=O) groups excluding carboxylic acids is 1.